The predicted molar refractivity (Wildman–Crippen MR) is 82.1 cm³/mol. The number of hydrogen-bond donors (Lipinski definition) is 1. The first-order valence-electron chi connectivity index (χ1n) is 7.15. The van der Waals surface area contributed by atoms with E-state index in [-0.39, 0.29) is 30.1 Å². The van der Waals surface area contributed by atoms with Gasteiger partial charge in [-0.3, -0.25) is 4.79 Å². The van der Waals surface area contributed by atoms with Gasteiger partial charge in [0, 0.05) is 25.2 Å². The summed E-state index contributed by atoms with van der Waals surface area (Å²) in [6, 6.07) is 3.25. The molecular weight excluding hydrogens is 314 g/mol. The molecule has 0 radical (unpaired) electrons. The van der Waals surface area contributed by atoms with Crippen molar-refractivity contribution in [2.75, 3.05) is 13.1 Å². The van der Waals surface area contributed by atoms with Gasteiger partial charge in [0.2, 0.25) is 0 Å². The van der Waals surface area contributed by atoms with Gasteiger partial charge in [-0.15, -0.1) is 12.4 Å². The molecule has 0 spiro atoms. The fourth-order valence-electron chi connectivity index (χ4n) is 2.57. The number of carbonyl (C=O) groups excluding carboxylic acids is 1. The van der Waals surface area contributed by atoms with Gasteiger partial charge in [-0.25, -0.2) is 8.78 Å². The summed E-state index contributed by atoms with van der Waals surface area (Å²) < 4.78 is 31.4. The van der Waals surface area contributed by atoms with Crippen LogP contribution < -0.4 is 10.5 Å². The van der Waals surface area contributed by atoms with Gasteiger partial charge >= 0.3 is 0 Å². The van der Waals surface area contributed by atoms with Gasteiger partial charge in [-0.05, 0) is 38.3 Å². The summed E-state index contributed by atoms with van der Waals surface area (Å²) in [5.41, 5.74) is 5.69. The third-order valence-corrected chi connectivity index (χ3v) is 3.73. The van der Waals surface area contributed by atoms with E-state index in [2.05, 4.69) is 0 Å². The van der Waals surface area contributed by atoms with Gasteiger partial charge < -0.3 is 15.4 Å². The van der Waals surface area contributed by atoms with E-state index < -0.39 is 17.7 Å². The first-order chi connectivity index (χ1) is 10.0. The van der Waals surface area contributed by atoms with Crippen molar-refractivity contribution in [2.45, 2.75) is 38.3 Å². The highest BCUT2D eigenvalue weighted by atomic mass is 35.5. The Morgan fingerprint density at radius 2 is 2.14 bits per heavy atom. The van der Waals surface area contributed by atoms with Crippen molar-refractivity contribution in [3.8, 4) is 5.75 Å². The SMILES string of the molecule is CC(Oc1ccc(F)c(F)c1)C(=O)N1CCCCC1CN.Cl. The highest BCUT2D eigenvalue weighted by molar-refractivity contribution is 5.85. The van der Waals surface area contributed by atoms with Gasteiger partial charge in [-0.1, -0.05) is 0 Å². The van der Waals surface area contributed by atoms with Crippen molar-refractivity contribution in [3.05, 3.63) is 29.8 Å². The summed E-state index contributed by atoms with van der Waals surface area (Å²) >= 11 is 0. The molecule has 1 aliphatic heterocycles. The minimum Gasteiger partial charge on any atom is -0.481 e. The molecule has 0 aromatic heterocycles. The lowest BCUT2D eigenvalue weighted by Gasteiger charge is -2.36. The van der Waals surface area contributed by atoms with Crippen LogP contribution in [-0.2, 0) is 4.79 Å². The summed E-state index contributed by atoms with van der Waals surface area (Å²) in [7, 11) is 0. The van der Waals surface area contributed by atoms with Gasteiger partial charge in [0.25, 0.3) is 5.91 Å². The standard InChI is InChI=1S/C15H20F2N2O2.ClH/c1-10(21-12-5-6-13(16)14(17)8-12)15(20)19-7-3-2-4-11(19)9-18;/h5-6,8,10-11H,2-4,7,9,18H2,1H3;1H. The molecule has 1 heterocycles. The maximum atomic E-state index is 13.1. The Balaban J connectivity index is 0.00000242. The van der Waals surface area contributed by atoms with Crippen LogP contribution in [0.3, 0.4) is 0 Å². The third-order valence-electron chi connectivity index (χ3n) is 3.73. The van der Waals surface area contributed by atoms with Crippen molar-refractivity contribution < 1.29 is 18.3 Å². The number of halogens is 3. The molecule has 4 nitrogen and oxygen atoms in total. The van der Waals surface area contributed by atoms with Crippen LogP contribution >= 0.6 is 12.4 Å². The molecule has 22 heavy (non-hydrogen) atoms. The average molecular weight is 335 g/mol. The number of carbonyl (C=O) groups is 1. The molecule has 0 aliphatic carbocycles. The summed E-state index contributed by atoms with van der Waals surface area (Å²) in [5.74, 6) is -1.98. The molecule has 1 aromatic rings. The summed E-state index contributed by atoms with van der Waals surface area (Å²) in [6.07, 6.45) is 2.13. The van der Waals surface area contributed by atoms with E-state index >= 15 is 0 Å². The Kier molecular flexibility index (Phi) is 7.03. The zero-order valence-corrected chi connectivity index (χ0v) is 13.2. The number of nitrogens with zero attached hydrogens (tertiary/aromatic N) is 1. The van der Waals surface area contributed by atoms with Crippen molar-refractivity contribution >= 4 is 18.3 Å². The number of hydrogen-bond acceptors (Lipinski definition) is 3. The lowest BCUT2D eigenvalue weighted by Crippen LogP contribution is -2.51. The molecule has 2 N–H and O–H groups in total. The number of piperidine rings is 1. The molecule has 0 saturated carbocycles. The van der Waals surface area contributed by atoms with Crippen molar-refractivity contribution in [2.24, 2.45) is 5.73 Å². The molecule has 1 saturated heterocycles. The molecule has 0 bridgehead atoms. The topological polar surface area (TPSA) is 55.6 Å². The largest absolute Gasteiger partial charge is 0.481 e. The zero-order chi connectivity index (χ0) is 15.4. The molecule has 124 valence electrons. The van der Waals surface area contributed by atoms with Crippen LogP contribution in [0, 0.1) is 11.6 Å². The van der Waals surface area contributed by atoms with Gasteiger partial charge in [-0.2, -0.15) is 0 Å². The van der Waals surface area contributed by atoms with Crippen LogP contribution in [-0.4, -0.2) is 36.0 Å². The number of nitrogens with two attached hydrogens (primary N) is 1. The molecule has 1 aliphatic rings. The van der Waals surface area contributed by atoms with Crippen molar-refractivity contribution in [1.29, 1.82) is 0 Å². The minimum absolute atomic E-state index is 0. The Morgan fingerprint density at radius 3 is 2.77 bits per heavy atom. The summed E-state index contributed by atoms with van der Waals surface area (Å²) in [5, 5.41) is 0. The van der Waals surface area contributed by atoms with Crippen LogP contribution in [0.4, 0.5) is 8.78 Å². The second-order valence-electron chi connectivity index (χ2n) is 5.25. The number of rotatable bonds is 4. The molecule has 2 atom stereocenters. The van der Waals surface area contributed by atoms with Crippen LogP contribution in [0.1, 0.15) is 26.2 Å². The second-order valence-corrected chi connectivity index (χ2v) is 5.25. The van der Waals surface area contributed by atoms with Crippen molar-refractivity contribution in [1.82, 2.24) is 4.90 Å². The maximum Gasteiger partial charge on any atom is 0.263 e. The summed E-state index contributed by atoms with van der Waals surface area (Å²) in [4.78, 5) is 14.1. The van der Waals surface area contributed by atoms with E-state index in [1.807, 2.05) is 0 Å². The van der Waals surface area contributed by atoms with Crippen LogP contribution in [0.2, 0.25) is 0 Å². The molecule has 7 heteroatoms. The maximum absolute atomic E-state index is 13.1. The fraction of sp³-hybridized carbons (Fsp3) is 0.533. The molecule has 2 unspecified atom stereocenters. The molecule has 1 amide bonds. The van der Waals surface area contributed by atoms with E-state index in [9.17, 15) is 13.6 Å². The first kappa shape index (κ1) is 18.6. The van der Waals surface area contributed by atoms with E-state index in [1.165, 1.54) is 6.07 Å². The third kappa shape index (κ3) is 4.30. The molecule has 1 fully saturated rings. The highest BCUT2D eigenvalue weighted by Crippen LogP contribution is 2.20. The minimum atomic E-state index is -0.995. The van der Waals surface area contributed by atoms with E-state index in [0.29, 0.717) is 13.1 Å². The summed E-state index contributed by atoms with van der Waals surface area (Å²) in [6.45, 7) is 2.68. The van der Waals surface area contributed by atoms with Crippen LogP contribution in [0.5, 0.6) is 5.75 Å². The second kappa shape index (κ2) is 8.29. The lowest BCUT2D eigenvalue weighted by atomic mass is 10.0. The average Bonchev–Trinajstić information content (AvgIpc) is 2.50. The smallest absolute Gasteiger partial charge is 0.263 e. The van der Waals surface area contributed by atoms with Gasteiger partial charge in [0.1, 0.15) is 5.75 Å². The lowest BCUT2D eigenvalue weighted by molar-refractivity contribution is -0.141. The quantitative estimate of drug-likeness (QED) is 0.920. The van der Waals surface area contributed by atoms with Crippen LogP contribution in [0.25, 0.3) is 0 Å². The number of benzene rings is 1. The number of ether oxygens (including phenoxy) is 1. The van der Waals surface area contributed by atoms with Gasteiger partial charge in [0.05, 0.1) is 0 Å². The molecular formula is C15H21ClF2N2O2. The van der Waals surface area contributed by atoms with E-state index in [1.54, 1.807) is 11.8 Å². The molecule has 2 rings (SSSR count). The Morgan fingerprint density at radius 1 is 1.41 bits per heavy atom. The first-order valence-corrected chi connectivity index (χ1v) is 7.15. The zero-order valence-electron chi connectivity index (χ0n) is 12.4. The fourth-order valence-corrected chi connectivity index (χ4v) is 2.57. The Hall–Kier alpha value is -1.40. The van der Waals surface area contributed by atoms with Crippen LogP contribution in [0.15, 0.2) is 18.2 Å². The number of amides is 1. The van der Waals surface area contributed by atoms with E-state index in [4.69, 9.17) is 10.5 Å². The monoisotopic (exact) mass is 334 g/mol. The van der Waals surface area contributed by atoms with Crippen molar-refractivity contribution in [3.63, 3.8) is 0 Å². The normalized spacial score (nSPS) is 19.3. The van der Waals surface area contributed by atoms with Gasteiger partial charge in [0.15, 0.2) is 17.7 Å². The predicted octanol–water partition coefficient (Wildman–Crippen LogP) is 2.49. The Bertz CT molecular complexity index is 516. The molecule has 1 aromatic carbocycles. The number of likely N-dealkylation sites (tertiary alicyclic amines) is 1. The highest BCUT2D eigenvalue weighted by Gasteiger charge is 2.29. The van der Waals surface area contributed by atoms with E-state index in [0.717, 1.165) is 31.4 Å². The Labute approximate surface area is 135 Å².